The summed E-state index contributed by atoms with van der Waals surface area (Å²) in [5.74, 6) is 0.255. The van der Waals surface area contributed by atoms with Crippen molar-refractivity contribution in [1.29, 1.82) is 0 Å². The van der Waals surface area contributed by atoms with Gasteiger partial charge >= 0.3 is 6.18 Å². The van der Waals surface area contributed by atoms with Gasteiger partial charge < -0.3 is 4.74 Å². The van der Waals surface area contributed by atoms with E-state index < -0.39 is 23.5 Å². The van der Waals surface area contributed by atoms with E-state index in [0.29, 0.717) is 23.1 Å². The first-order valence-electron chi connectivity index (χ1n) is 12.4. The fourth-order valence-corrected chi connectivity index (χ4v) is 4.54. The Kier molecular flexibility index (Phi) is 8.85. The van der Waals surface area contributed by atoms with Crippen LogP contribution in [0.15, 0.2) is 36.4 Å². The van der Waals surface area contributed by atoms with E-state index >= 15 is 0 Å². The van der Waals surface area contributed by atoms with Crippen molar-refractivity contribution in [3.8, 4) is 5.75 Å². The summed E-state index contributed by atoms with van der Waals surface area (Å²) in [7, 11) is 0. The normalized spacial score (nSPS) is 17.2. The Hall–Kier alpha value is -2.28. The molecule has 2 aromatic carbocycles. The molecule has 0 bridgehead atoms. The molecule has 0 aromatic heterocycles. The van der Waals surface area contributed by atoms with Crippen molar-refractivity contribution in [2.75, 3.05) is 13.2 Å². The van der Waals surface area contributed by atoms with E-state index in [1.54, 1.807) is 44.2 Å². The lowest BCUT2D eigenvalue weighted by atomic mass is 9.93. The van der Waals surface area contributed by atoms with Gasteiger partial charge in [-0.1, -0.05) is 76.1 Å². The van der Waals surface area contributed by atoms with Crippen LogP contribution in [0.25, 0.3) is 10.8 Å². The topological polar surface area (TPSA) is 41.6 Å². The number of hydrazine groups is 1. The Bertz CT molecular complexity index is 959. The molecule has 1 aliphatic heterocycles. The first-order chi connectivity index (χ1) is 16.1. The molecule has 34 heavy (non-hydrogen) atoms. The van der Waals surface area contributed by atoms with E-state index in [1.807, 2.05) is 0 Å². The molecule has 0 radical (unpaired) electrons. The molecule has 1 fully saturated rings. The third kappa shape index (κ3) is 6.65. The summed E-state index contributed by atoms with van der Waals surface area (Å²) in [5, 5.41) is 2.21. The number of nitrogens with zero attached hydrogens (tertiary/aromatic N) is 1. The lowest BCUT2D eigenvalue weighted by molar-refractivity contribution is -0.191. The summed E-state index contributed by atoms with van der Waals surface area (Å²) in [6.45, 7) is 6.09. The Labute approximate surface area is 200 Å². The molecule has 4 nitrogen and oxygen atoms in total. The molecular weight excluding hydrogens is 441 g/mol. The van der Waals surface area contributed by atoms with Crippen LogP contribution >= 0.6 is 0 Å². The van der Waals surface area contributed by atoms with Crippen molar-refractivity contribution < 1.29 is 22.7 Å². The third-order valence-corrected chi connectivity index (χ3v) is 6.49. The summed E-state index contributed by atoms with van der Waals surface area (Å²) in [4.78, 5) is 12.2. The zero-order chi connectivity index (χ0) is 24.8. The number of alkyl halides is 3. The van der Waals surface area contributed by atoms with E-state index in [-0.39, 0.29) is 12.1 Å². The smallest absolute Gasteiger partial charge is 0.409 e. The molecule has 7 heteroatoms. The van der Waals surface area contributed by atoms with Crippen LogP contribution in [-0.4, -0.2) is 30.2 Å². The highest BCUT2D eigenvalue weighted by molar-refractivity contribution is 5.88. The molecule has 1 heterocycles. The number of carbonyl (C=O) groups excluding carboxylic acids is 1. The Balaban J connectivity index is 1.66. The van der Waals surface area contributed by atoms with Crippen LogP contribution in [0.5, 0.6) is 5.75 Å². The molecule has 3 rings (SSSR count). The van der Waals surface area contributed by atoms with E-state index in [4.69, 9.17) is 4.74 Å². The predicted molar refractivity (Wildman–Crippen MR) is 129 cm³/mol. The standard InChI is InChI=1S/C27H37F3N2O2/c1-4-5-6-7-8-9-10-11-17-34-21-15-16-22-20(18-21)13-12-14-23(22)24(27(28,29)30)32-19-26(2,3)25(33)31-32/h12-16,18,24H,4-11,17,19H2,1-3H3,(H,31,33)/t24-/m0/s1. The lowest BCUT2D eigenvalue weighted by Crippen LogP contribution is -2.43. The van der Waals surface area contributed by atoms with Gasteiger partial charge in [0, 0.05) is 6.54 Å². The van der Waals surface area contributed by atoms with Gasteiger partial charge in [0.05, 0.1) is 12.0 Å². The van der Waals surface area contributed by atoms with Crippen molar-refractivity contribution in [3.63, 3.8) is 0 Å². The van der Waals surface area contributed by atoms with Gasteiger partial charge in [-0.2, -0.15) is 13.2 Å². The molecule has 1 aliphatic rings. The van der Waals surface area contributed by atoms with Gasteiger partial charge in [-0.15, -0.1) is 0 Å². The maximum atomic E-state index is 14.2. The van der Waals surface area contributed by atoms with E-state index in [0.717, 1.165) is 17.9 Å². The summed E-state index contributed by atoms with van der Waals surface area (Å²) < 4.78 is 48.4. The molecule has 0 aliphatic carbocycles. The highest BCUT2D eigenvalue weighted by atomic mass is 19.4. The molecule has 1 atom stereocenters. The summed E-state index contributed by atoms with van der Waals surface area (Å²) in [6.07, 6.45) is 5.16. The number of nitrogens with one attached hydrogen (secondary N) is 1. The van der Waals surface area contributed by atoms with Crippen molar-refractivity contribution in [3.05, 3.63) is 42.0 Å². The second kappa shape index (κ2) is 11.4. The lowest BCUT2D eigenvalue weighted by Gasteiger charge is -2.30. The van der Waals surface area contributed by atoms with E-state index in [9.17, 15) is 18.0 Å². The number of unbranched alkanes of at least 4 members (excludes halogenated alkanes) is 7. The second-order valence-corrected chi connectivity index (χ2v) is 9.95. The number of rotatable bonds is 12. The first-order valence-corrected chi connectivity index (χ1v) is 12.4. The number of carbonyl (C=O) groups is 1. The number of hydrogen-bond donors (Lipinski definition) is 1. The predicted octanol–water partition coefficient (Wildman–Crippen LogP) is 7.34. The van der Waals surface area contributed by atoms with Gasteiger partial charge in [-0.3, -0.25) is 10.2 Å². The van der Waals surface area contributed by atoms with Crippen LogP contribution in [0.4, 0.5) is 13.2 Å². The summed E-state index contributed by atoms with van der Waals surface area (Å²) >= 11 is 0. The Morgan fingerprint density at radius 2 is 1.71 bits per heavy atom. The molecule has 2 aromatic rings. The minimum absolute atomic E-state index is 0.0216. The zero-order valence-electron chi connectivity index (χ0n) is 20.5. The van der Waals surface area contributed by atoms with Crippen LogP contribution in [0.2, 0.25) is 0 Å². The average Bonchev–Trinajstić information content (AvgIpc) is 3.03. The molecule has 0 saturated carbocycles. The SMILES string of the molecule is CCCCCCCCCCOc1ccc2c([C@H](N3CC(C)(C)C(=O)N3)C(F)(F)F)cccc2c1. The summed E-state index contributed by atoms with van der Waals surface area (Å²) in [6, 6.07) is 8.20. The van der Waals surface area contributed by atoms with Crippen LogP contribution in [0, 0.1) is 5.41 Å². The highest BCUT2D eigenvalue weighted by Gasteiger charge is 2.51. The number of benzene rings is 2. The van der Waals surface area contributed by atoms with Gasteiger partial charge in [0.2, 0.25) is 5.91 Å². The number of fused-ring (bicyclic) bond motifs is 1. The van der Waals surface area contributed by atoms with Crippen molar-refractivity contribution in [2.24, 2.45) is 5.41 Å². The van der Waals surface area contributed by atoms with Crippen LogP contribution < -0.4 is 10.2 Å². The molecule has 1 amide bonds. The summed E-state index contributed by atoms with van der Waals surface area (Å²) in [5.41, 5.74) is 1.67. The first kappa shape index (κ1) is 26.3. The van der Waals surface area contributed by atoms with E-state index in [2.05, 4.69) is 12.3 Å². The molecule has 0 unspecified atom stereocenters. The quantitative estimate of drug-likeness (QED) is 0.325. The zero-order valence-corrected chi connectivity index (χ0v) is 20.5. The van der Waals surface area contributed by atoms with E-state index in [1.165, 1.54) is 44.6 Å². The van der Waals surface area contributed by atoms with Crippen LogP contribution in [0.3, 0.4) is 0 Å². The minimum atomic E-state index is -4.55. The van der Waals surface area contributed by atoms with Gasteiger partial charge in [0.15, 0.2) is 6.04 Å². The minimum Gasteiger partial charge on any atom is -0.494 e. The monoisotopic (exact) mass is 478 g/mol. The maximum Gasteiger partial charge on any atom is 0.409 e. The maximum absolute atomic E-state index is 14.2. The third-order valence-electron chi connectivity index (χ3n) is 6.49. The van der Waals surface area contributed by atoms with Crippen molar-refractivity contribution >= 4 is 16.7 Å². The van der Waals surface area contributed by atoms with Gasteiger partial charge in [-0.05, 0) is 48.7 Å². The van der Waals surface area contributed by atoms with Gasteiger partial charge in [0.25, 0.3) is 0 Å². The average molecular weight is 479 g/mol. The number of ether oxygens (including phenoxy) is 1. The molecule has 0 spiro atoms. The second-order valence-electron chi connectivity index (χ2n) is 9.95. The molecular formula is C27H37F3N2O2. The number of amides is 1. The van der Waals surface area contributed by atoms with Crippen molar-refractivity contribution in [1.82, 2.24) is 10.4 Å². The molecule has 188 valence electrons. The largest absolute Gasteiger partial charge is 0.494 e. The van der Waals surface area contributed by atoms with Crippen LogP contribution in [-0.2, 0) is 4.79 Å². The molecule has 1 N–H and O–H groups in total. The van der Waals surface area contributed by atoms with Crippen molar-refractivity contribution in [2.45, 2.75) is 84.4 Å². The fourth-order valence-electron chi connectivity index (χ4n) is 4.54. The molecule has 1 saturated heterocycles. The number of hydrogen-bond acceptors (Lipinski definition) is 3. The van der Waals surface area contributed by atoms with Gasteiger partial charge in [-0.25, -0.2) is 5.01 Å². The van der Waals surface area contributed by atoms with Crippen LogP contribution in [0.1, 0.15) is 83.7 Å². The Morgan fingerprint density at radius 1 is 1.03 bits per heavy atom. The Morgan fingerprint density at radius 3 is 2.32 bits per heavy atom. The fraction of sp³-hybridized carbons (Fsp3) is 0.593. The highest BCUT2D eigenvalue weighted by Crippen LogP contribution is 2.43. The number of halogens is 3. The van der Waals surface area contributed by atoms with Gasteiger partial charge in [0.1, 0.15) is 5.75 Å².